The van der Waals surface area contributed by atoms with Crippen molar-refractivity contribution in [2.45, 2.75) is 46.1 Å². The topological polar surface area (TPSA) is 39.1 Å². The Bertz CT molecular complexity index is 1190. The van der Waals surface area contributed by atoms with Gasteiger partial charge in [-0.1, -0.05) is 51.1 Å². The van der Waals surface area contributed by atoms with Gasteiger partial charge < -0.3 is 14.6 Å². The number of benzene rings is 3. The van der Waals surface area contributed by atoms with Crippen LogP contribution in [0.15, 0.2) is 78.9 Å². The van der Waals surface area contributed by atoms with Crippen LogP contribution in [0.5, 0.6) is 11.5 Å². The summed E-state index contributed by atoms with van der Waals surface area (Å²) in [6, 6.07) is 26.8. The third-order valence-electron chi connectivity index (χ3n) is 6.41. The van der Waals surface area contributed by atoms with E-state index in [1.54, 1.807) is 0 Å². The summed E-state index contributed by atoms with van der Waals surface area (Å²) >= 11 is 0. The molecule has 4 aromatic rings. The molecule has 164 valence electrons. The molecule has 1 unspecified atom stereocenters. The molecular weight excluding hydrogens is 394 g/mol. The average molecular weight is 426 g/mol. The van der Waals surface area contributed by atoms with E-state index >= 15 is 0 Å². The van der Waals surface area contributed by atoms with Crippen LogP contribution in [0.2, 0.25) is 0 Å². The van der Waals surface area contributed by atoms with Crippen LogP contribution in [0.4, 0.5) is 11.6 Å². The fourth-order valence-electron chi connectivity index (χ4n) is 5.35. The lowest BCUT2D eigenvalue weighted by molar-refractivity contribution is 0.140. The first-order valence-electron chi connectivity index (χ1n) is 11.5. The van der Waals surface area contributed by atoms with Crippen molar-refractivity contribution >= 4 is 22.7 Å². The number of rotatable bonds is 5. The minimum absolute atomic E-state index is 0.335. The lowest BCUT2D eigenvalue weighted by Crippen LogP contribution is -2.29. The zero-order valence-electron chi connectivity index (χ0n) is 19.1. The Morgan fingerprint density at radius 2 is 1.56 bits per heavy atom. The number of fused-ring (bicyclic) bond motifs is 1. The van der Waals surface area contributed by atoms with E-state index in [1.807, 2.05) is 42.5 Å². The second kappa shape index (κ2) is 8.34. The van der Waals surface area contributed by atoms with Gasteiger partial charge in [0.1, 0.15) is 11.5 Å². The minimum atomic E-state index is 0.335. The van der Waals surface area contributed by atoms with Gasteiger partial charge in [0.25, 0.3) is 0 Å². The molecule has 0 radical (unpaired) electrons. The van der Waals surface area contributed by atoms with Gasteiger partial charge in [0.2, 0.25) is 5.95 Å². The highest BCUT2D eigenvalue weighted by atomic mass is 16.5. The van der Waals surface area contributed by atoms with Gasteiger partial charge in [-0.15, -0.1) is 0 Å². The van der Waals surface area contributed by atoms with Crippen LogP contribution in [-0.4, -0.2) is 9.55 Å². The van der Waals surface area contributed by atoms with Gasteiger partial charge in [0, 0.05) is 11.7 Å². The lowest BCUT2D eigenvalue weighted by atomic mass is 9.70. The number of hydrogen-bond donors (Lipinski definition) is 1. The molecule has 3 aromatic carbocycles. The summed E-state index contributed by atoms with van der Waals surface area (Å²) in [7, 11) is 0. The summed E-state index contributed by atoms with van der Waals surface area (Å²) < 4.78 is 8.37. The summed E-state index contributed by atoms with van der Waals surface area (Å²) in [6.07, 6.45) is 3.63. The van der Waals surface area contributed by atoms with Crippen LogP contribution in [-0.2, 0) is 0 Å². The van der Waals surface area contributed by atoms with Gasteiger partial charge in [-0.25, -0.2) is 4.98 Å². The maximum Gasteiger partial charge on any atom is 0.208 e. The molecule has 2 atom stereocenters. The SMILES string of the molecule is C[C@H]1CC(n2c(Nc3ccc(Oc4ccccc4)cc3)nc3ccccc32)CC(C)(C)C1. The van der Waals surface area contributed by atoms with E-state index in [0.29, 0.717) is 17.4 Å². The zero-order valence-corrected chi connectivity index (χ0v) is 19.1. The third-order valence-corrected chi connectivity index (χ3v) is 6.41. The largest absolute Gasteiger partial charge is 0.457 e. The van der Waals surface area contributed by atoms with Crippen molar-refractivity contribution in [3.8, 4) is 11.5 Å². The molecule has 0 amide bonds. The predicted molar refractivity (Wildman–Crippen MR) is 132 cm³/mol. The second-order valence-electron chi connectivity index (χ2n) is 9.93. The van der Waals surface area contributed by atoms with Crippen molar-refractivity contribution in [2.75, 3.05) is 5.32 Å². The smallest absolute Gasteiger partial charge is 0.208 e. The molecule has 1 aliphatic carbocycles. The highest BCUT2D eigenvalue weighted by molar-refractivity contribution is 5.80. The van der Waals surface area contributed by atoms with Crippen LogP contribution in [0.1, 0.15) is 46.1 Å². The van der Waals surface area contributed by atoms with Gasteiger partial charge in [-0.2, -0.15) is 0 Å². The van der Waals surface area contributed by atoms with E-state index in [4.69, 9.17) is 9.72 Å². The van der Waals surface area contributed by atoms with Crippen LogP contribution in [0.3, 0.4) is 0 Å². The quantitative estimate of drug-likeness (QED) is 0.352. The molecule has 1 heterocycles. The summed E-state index contributed by atoms with van der Waals surface area (Å²) in [5.41, 5.74) is 3.58. The predicted octanol–water partition coefficient (Wildman–Crippen LogP) is 7.96. The maximum atomic E-state index is 5.94. The lowest BCUT2D eigenvalue weighted by Gasteiger charge is -2.40. The summed E-state index contributed by atoms with van der Waals surface area (Å²) in [5.74, 6) is 3.27. The molecule has 1 saturated carbocycles. The van der Waals surface area contributed by atoms with Gasteiger partial charge >= 0.3 is 0 Å². The van der Waals surface area contributed by atoms with E-state index in [-0.39, 0.29) is 0 Å². The third kappa shape index (κ3) is 4.36. The van der Waals surface area contributed by atoms with Gasteiger partial charge in [-0.05, 0) is 79.1 Å². The van der Waals surface area contributed by atoms with Crippen LogP contribution >= 0.6 is 0 Å². The first-order valence-corrected chi connectivity index (χ1v) is 11.5. The van der Waals surface area contributed by atoms with Crippen molar-refractivity contribution < 1.29 is 4.74 Å². The number of nitrogens with one attached hydrogen (secondary N) is 1. The Labute approximate surface area is 190 Å². The van der Waals surface area contributed by atoms with Crippen molar-refractivity contribution in [2.24, 2.45) is 11.3 Å². The van der Waals surface area contributed by atoms with Gasteiger partial charge in [0.05, 0.1) is 11.0 Å². The van der Waals surface area contributed by atoms with E-state index in [0.717, 1.165) is 35.1 Å². The summed E-state index contributed by atoms with van der Waals surface area (Å²) in [5, 5.41) is 3.59. The fourth-order valence-corrected chi connectivity index (χ4v) is 5.35. The molecule has 1 aliphatic rings. The highest BCUT2D eigenvalue weighted by Gasteiger charge is 2.34. The summed E-state index contributed by atoms with van der Waals surface area (Å²) in [4.78, 5) is 4.97. The van der Waals surface area contributed by atoms with Crippen molar-refractivity contribution in [1.82, 2.24) is 9.55 Å². The number of para-hydroxylation sites is 3. The van der Waals surface area contributed by atoms with Crippen molar-refractivity contribution in [3.05, 3.63) is 78.9 Å². The first kappa shape index (κ1) is 20.6. The molecule has 32 heavy (non-hydrogen) atoms. The number of nitrogens with zero attached hydrogens (tertiary/aromatic N) is 2. The van der Waals surface area contributed by atoms with E-state index < -0.39 is 0 Å². The number of aromatic nitrogens is 2. The maximum absolute atomic E-state index is 5.94. The monoisotopic (exact) mass is 425 g/mol. The summed E-state index contributed by atoms with van der Waals surface area (Å²) in [6.45, 7) is 7.17. The molecule has 0 bridgehead atoms. The van der Waals surface area contributed by atoms with Crippen molar-refractivity contribution in [1.29, 1.82) is 0 Å². The standard InChI is InChI=1S/C28H31N3O/c1-20-17-22(19-28(2,3)18-20)31-26-12-8-7-11-25(26)30-27(31)29-21-13-15-24(16-14-21)32-23-9-5-4-6-10-23/h4-16,20,22H,17-19H2,1-3H3,(H,29,30)/t20-,22?/m0/s1. The van der Waals surface area contributed by atoms with E-state index in [2.05, 4.69) is 67.1 Å². The average Bonchev–Trinajstić information content (AvgIpc) is 3.12. The zero-order chi connectivity index (χ0) is 22.1. The molecule has 1 fully saturated rings. The number of anilines is 2. The molecule has 0 spiro atoms. The van der Waals surface area contributed by atoms with E-state index in [9.17, 15) is 0 Å². The second-order valence-corrected chi connectivity index (χ2v) is 9.93. The molecule has 4 nitrogen and oxygen atoms in total. The van der Waals surface area contributed by atoms with Crippen LogP contribution in [0, 0.1) is 11.3 Å². The number of ether oxygens (including phenoxy) is 1. The Hall–Kier alpha value is -3.27. The van der Waals surface area contributed by atoms with Crippen molar-refractivity contribution in [3.63, 3.8) is 0 Å². The highest BCUT2D eigenvalue weighted by Crippen LogP contribution is 2.46. The Balaban J connectivity index is 1.44. The number of imidazole rings is 1. The number of hydrogen-bond acceptors (Lipinski definition) is 3. The molecular formula is C28H31N3O. The Morgan fingerprint density at radius 1 is 0.875 bits per heavy atom. The van der Waals surface area contributed by atoms with E-state index in [1.165, 1.54) is 18.4 Å². The Kier molecular flexibility index (Phi) is 5.38. The fraction of sp³-hybridized carbons (Fsp3) is 0.321. The van der Waals surface area contributed by atoms with Crippen LogP contribution < -0.4 is 10.1 Å². The van der Waals surface area contributed by atoms with Gasteiger partial charge in [-0.3, -0.25) is 0 Å². The Morgan fingerprint density at radius 3 is 2.31 bits per heavy atom. The molecule has 4 heteroatoms. The molecule has 5 rings (SSSR count). The minimum Gasteiger partial charge on any atom is -0.457 e. The van der Waals surface area contributed by atoms with Crippen LogP contribution in [0.25, 0.3) is 11.0 Å². The molecule has 0 aliphatic heterocycles. The first-order chi connectivity index (χ1) is 15.5. The van der Waals surface area contributed by atoms with Gasteiger partial charge in [0.15, 0.2) is 0 Å². The normalized spacial score (nSPS) is 20.2. The molecule has 1 N–H and O–H groups in total. The molecule has 1 aromatic heterocycles. The molecule has 0 saturated heterocycles.